The monoisotopic (exact) mass is 287 g/mol. The second-order valence-corrected chi connectivity index (χ2v) is 6.59. The average Bonchev–Trinajstić information content (AvgIpc) is 2.93. The molecule has 3 rings (SSSR count). The van der Waals surface area contributed by atoms with E-state index in [0.717, 1.165) is 12.0 Å². The van der Waals surface area contributed by atoms with Crippen LogP contribution in [0, 0.1) is 10.8 Å². The highest BCUT2D eigenvalue weighted by Gasteiger charge is 2.67. The molecule has 21 heavy (non-hydrogen) atoms. The molecule has 0 aromatic heterocycles. The summed E-state index contributed by atoms with van der Waals surface area (Å²) in [5.74, 6) is -0.822. The third-order valence-corrected chi connectivity index (χ3v) is 5.67. The first-order chi connectivity index (χ1) is 9.92. The quantitative estimate of drug-likeness (QED) is 0.930. The van der Waals surface area contributed by atoms with Gasteiger partial charge in [-0.1, -0.05) is 36.8 Å². The van der Waals surface area contributed by atoms with E-state index in [0.29, 0.717) is 19.4 Å². The zero-order valence-corrected chi connectivity index (χ0v) is 12.5. The van der Waals surface area contributed by atoms with Crippen molar-refractivity contribution in [3.63, 3.8) is 0 Å². The van der Waals surface area contributed by atoms with Crippen LogP contribution in [0.15, 0.2) is 30.3 Å². The SMILES string of the molecule is C[C@H](c1ccccc1)N1C[C@]2(C(=O)O)CCC[C@]2(C)C1=O. The number of rotatable bonds is 3. The fourth-order valence-corrected chi connectivity index (χ4v) is 4.14. The number of hydrogen-bond acceptors (Lipinski definition) is 2. The summed E-state index contributed by atoms with van der Waals surface area (Å²) in [6.45, 7) is 4.15. The number of benzene rings is 1. The molecule has 1 saturated carbocycles. The number of carboxylic acids is 1. The van der Waals surface area contributed by atoms with Gasteiger partial charge in [-0.15, -0.1) is 0 Å². The lowest BCUT2D eigenvalue weighted by atomic mass is 9.69. The molecule has 1 saturated heterocycles. The van der Waals surface area contributed by atoms with Crippen molar-refractivity contribution >= 4 is 11.9 Å². The van der Waals surface area contributed by atoms with Crippen molar-refractivity contribution in [2.24, 2.45) is 10.8 Å². The van der Waals surface area contributed by atoms with Crippen molar-refractivity contribution in [2.75, 3.05) is 6.54 Å². The summed E-state index contributed by atoms with van der Waals surface area (Å²) in [5.41, 5.74) is -0.607. The Morgan fingerprint density at radius 2 is 1.95 bits per heavy atom. The highest BCUT2D eigenvalue weighted by Crippen LogP contribution is 2.59. The summed E-state index contributed by atoms with van der Waals surface area (Å²) in [7, 11) is 0. The van der Waals surface area contributed by atoms with Gasteiger partial charge in [0, 0.05) is 6.54 Å². The lowest BCUT2D eigenvalue weighted by molar-refractivity contribution is -0.155. The summed E-state index contributed by atoms with van der Waals surface area (Å²) in [4.78, 5) is 26.5. The second kappa shape index (κ2) is 4.58. The third-order valence-electron chi connectivity index (χ3n) is 5.67. The Labute approximate surface area is 124 Å². The Hall–Kier alpha value is -1.84. The summed E-state index contributed by atoms with van der Waals surface area (Å²) < 4.78 is 0. The molecule has 4 heteroatoms. The Bertz CT molecular complexity index is 585. The molecule has 2 aliphatic rings. The predicted molar refractivity (Wildman–Crippen MR) is 78.6 cm³/mol. The molecule has 112 valence electrons. The number of nitrogens with zero attached hydrogens (tertiary/aromatic N) is 1. The van der Waals surface area contributed by atoms with Gasteiger partial charge in [0.25, 0.3) is 0 Å². The smallest absolute Gasteiger partial charge is 0.312 e. The average molecular weight is 287 g/mol. The molecule has 1 N–H and O–H groups in total. The van der Waals surface area contributed by atoms with E-state index in [1.807, 2.05) is 44.2 Å². The topological polar surface area (TPSA) is 57.6 Å². The molecular formula is C17H21NO3. The first-order valence-electron chi connectivity index (χ1n) is 7.52. The van der Waals surface area contributed by atoms with Crippen molar-refractivity contribution < 1.29 is 14.7 Å². The molecule has 4 nitrogen and oxygen atoms in total. The lowest BCUT2D eigenvalue weighted by Gasteiger charge is -2.29. The van der Waals surface area contributed by atoms with Crippen molar-refractivity contribution in [1.82, 2.24) is 4.90 Å². The van der Waals surface area contributed by atoms with Gasteiger partial charge >= 0.3 is 5.97 Å². The molecule has 0 spiro atoms. The highest BCUT2D eigenvalue weighted by molar-refractivity contribution is 5.95. The first kappa shape index (κ1) is 14.1. The fourth-order valence-electron chi connectivity index (χ4n) is 4.14. The van der Waals surface area contributed by atoms with Gasteiger partial charge in [-0.2, -0.15) is 0 Å². The standard InChI is InChI=1S/C17H21NO3/c1-12(13-7-4-3-5-8-13)18-11-17(15(20)21)10-6-9-16(17,2)14(18)19/h3-5,7-8,12H,6,9-11H2,1-2H3,(H,20,21)/t12-,16-,17+/m1/s1. The van der Waals surface area contributed by atoms with E-state index in [-0.39, 0.29) is 11.9 Å². The molecule has 2 fully saturated rings. The van der Waals surface area contributed by atoms with E-state index in [2.05, 4.69) is 0 Å². The van der Waals surface area contributed by atoms with E-state index in [4.69, 9.17) is 0 Å². The van der Waals surface area contributed by atoms with Gasteiger partial charge in [-0.05, 0) is 32.3 Å². The minimum atomic E-state index is -0.910. The number of fused-ring (bicyclic) bond motifs is 1. The van der Waals surface area contributed by atoms with E-state index >= 15 is 0 Å². The maximum atomic E-state index is 12.9. The number of carboxylic acid groups (broad SMARTS) is 1. The van der Waals surface area contributed by atoms with E-state index < -0.39 is 16.8 Å². The van der Waals surface area contributed by atoms with Crippen molar-refractivity contribution in [3.05, 3.63) is 35.9 Å². The Morgan fingerprint density at radius 3 is 2.52 bits per heavy atom. The molecule has 1 aliphatic carbocycles. The molecule has 0 unspecified atom stereocenters. The molecule has 1 amide bonds. The number of carbonyl (C=O) groups excluding carboxylic acids is 1. The van der Waals surface area contributed by atoms with E-state index in [1.54, 1.807) is 4.90 Å². The summed E-state index contributed by atoms with van der Waals surface area (Å²) in [6, 6.07) is 9.72. The Morgan fingerprint density at radius 1 is 1.29 bits per heavy atom. The minimum absolute atomic E-state index is 0.00115. The molecule has 0 radical (unpaired) electrons. The third kappa shape index (κ3) is 1.74. The fraction of sp³-hybridized carbons (Fsp3) is 0.529. The zero-order valence-electron chi connectivity index (χ0n) is 12.5. The van der Waals surface area contributed by atoms with Gasteiger partial charge in [-0.3, -0.25) is 9.59 Å². The van der Waals surface area contributed by atoms with Gasteiger partial charge in [-0.25, -0.2) is 0 Å². The maximum absolute atomic E-state index is 12.9. The molecule has 3 atom stereocenters. The minimum Gasteiger partial charge on any atom is -0.481 e. The van der Waals surface area contributed by atoms with Crippen LogP contribution in [-0.4, -0.2) is 28.4 Å². The van der Waals surface area contributed by atoms with Crippen LogP contribution in [0.2, 0.25) is 0 Å². The van der Waals surface area contributed by atoms with Crippen LogP contribution in [0.1, 0.15) is 44.7 Å². The van der Waals surface area contributed by atoms with Crippen molar-refractivity contribution in [2.45, 2.75) is 39.2 Å². The highest BCUT2D eigenvalue weighted by atomic mass is 16.4. The van der Waals surface area contributed by atoms with Gasteiger partial charge < -0.3 is 10.0 Å². The number of carbonyl (C=O) groups is 2. The number of amides is 1. The van der Waals surface area contributed by atoms with Gasteiger partial charge in [0.05, 0.1) is 16.9 Å². The van der Waals surface area contributed by atoms with Crippen LogP contribution in [-0.2, 0) is 9.59 Å². The summed E-state index contributed by atoms with van der Waals surface area (Å²) in [6.07, 6.45) is 2.10. The van der Waals surface area contributed by atoms with Crippen LogP contribution < -0.4 is 0 Å². The number of hydrogen-bond donors (Lipinski definition) is 1. The van der Waals surface area contributed by atoms with Crippen LogP contribution >= 0.6 is 0 Å². The van der Waals surface area contributed by atoms with Crippen molar-refractivity contribution in [1.29, 1.82) is 0 Å². The molecule has 1 aromatic rings. The van der Waals surface area contributed by atoms with Gasteiger partial charge in [0.2, 0.25) is 5.91 Å². The van der Waals surface area contributed by atoms with Gasteiger partial charge in [0.15, 0.2) is 0 Å². The van der Waals surface area contributed by atoms with Crippen LogP contribution in [0.4, 0.5) is 0 Å². The van der Waals surface area contributed by atoms with E-state index in [1.165, 1.54) is 0 Å². The zero-order chi connectivity index (χ0) is 15.3. The van der Waals surface area contributed by atoms with Crippen LogP contribution in [0.3, 0.4) is 0 Å². The lowest BCUT2D eigenvalue weighted by Crippen LogP contribution is -2.42. The molecule has 0 bridgehead atoms. The molecule has 1 heterocycles. The first-order valence-corrected chi connectivity index (χ1v) is 7.52. The number of likely N-dealkylation sites (tertiary alicyclic amines) is 1. The molecular weight excluding hydrogens is 266 g/mol. The van der Waals surface area contributed by atoms with E-state index in [9.17, 15) is 14.7 Å². The second-order valence-electron chi connectivity index (χ2n) is 6.59. The molecule has 1 aromatic carbocycles. The maximum Gasteiger partial charge on any atom is 0.312 e. The van der Waals surface area contributed by atoms with Crippen LogP contribution in [0.25, 0.3) is 0 Å². The van der Waals surface area contributed by atoms with Crippen molar-refractivity contribution in [3.8, 4) is 0 Å². The molecule has 1 aliphatic heterocycles. The normalized spacial score (nSPS) is 33.0. The summed E-state index contributed by atoms with van der Waals surface area (Å²) in [5, 5.41) is 9.75. The Kier molecular flexibility index (Phi) is 3.08. The van der Waals surface area contributed by atoms with Crippen LogP contribution in [0.5, 0.6) is 0 Å². The predicted octanol–water partition coefficient (Wildman–Crippen LogP) is 2.85. The Balaban J connectivity index is 1.97. The van der Waals surface area contributed by atoms with Gasteiger partial charge in [0.1, 0.15) is 0 Å². The largest absolute Gasteiger partial charge is 0.481 e. The summed E-state index contributed by atoms with van der Waals surface area (Å²) >= 11 is 0. The number of aliphatic carboxylic acids is 1.